The van der Waals surface area contributed by atoms with Crippen molar-refractivity contribution in [1.29, 1.82) is 0 Å². The van der Waals surface area contributed by atoms with E-state index in [0.717, 1.165) is 16.4 Å². The highest BCUT2D eigenvalue weighted by Crippen LogP contribution is 2.19. The predicted molar refractivity (Wildman–Crippen MR) is 100 cm³/mol. The number of aromatic nitrogens is 1. The van der Waals surface area contributed by atoms with Gasteiger partial charge in [-0.25, -0.2) is 4.98 Å². The molecule has 0 radical (unpaired) electrons. The largest absolute Gasteiger partial charge is 0.340 e. The molecule has 0 fully saturated rings. The number of amides is 1. The highest BCUT2D eigenvalue weighted by atomic mass is 32.1. The van der Waals surface area contributed by atoms with Crippen molar-refractivity contribution in [1.82, 2.24) is 4.98 Å². The molecule has 2 aromatic heterocycles. The van der Waals surface area contributed by atoms with Gasteiger partial charge in [0.15, 0.2) is 0 Å². The smallest absolute Gasteiger partial charge is 0.229 e. The predicted octanol–water partition coefficient (Wildman–Crippen LogP) is 4.68. The lowest BCUT2D eigenvalue weighted by molar-refractivity contribution is -0.115. The van der Waals surface area contributed by atoms with Gasteiger partial charge in [0, 0.05) is 10.6 Å². The average Bonchev–Trinajstić information content (AvgIpc) is 3.06. The van der Waals surface area contributed by atoms with E-state index in [9.17, 15) is 4.79 Å². The third kappa shape index (κ3) is 4.20. The van der Waals surface area contributed by atoms with Crippen LogP contribution in [-0.4, -0.2) is 10.9 Å². The molecule has 0 unspecified atom stereocenters. The summed E-state index contributed by atoms with van der Waals surface area (Å²) in [7, 11) is 0. The topological polar surface area (TPSA) is 54.0 Å². The van der Waals surface area contributed by atoms with Crippen LogP contribution in [0, 0.1) is 13.8 Å². The third-order valence-electron chi connectivity index (χ3n) is 3.74. The number of nitrogens with one attached hydrogen (secondary N) is 2. The first-order chi connectivity index (χ1) is 11.6. The molecule has 2 heterocycles. The lowest BCUT2D eigenvalue weighted by atomic mass is 10.1. The second-order valence-corrected chi connectivity index (χ2v) is 6.69. The van der Waals surface area contributed by atoms with Crippen molar-refractivity contribution in [2.75, 3.05) is 10.6 Å². The number of hydrogen-bond donors (Lipinski definition) is 2. The van der Waals surface area contributed by atoms with Crippen LogP contribution in [0.5, 0.6) is 0 Å². The van der Waals surface area contributed by atoms with Crippen LogP contribution in [0.2, 0.25) is 0 Å². The number of pyridine rings is 1. The minimum atomic E-state index is -0.0332. The summed E-state index contributed by atoms with van der Waals surface area (Å²) in [5, 5.41) is 8.10. The van der Waals surface area contributed by atoms with Crippen LogP contribution in [0.25, 0.3) is 0 Å². The van der Waals surface area contributed by atoms with Crippen LogP contribution in [0.15, 0.2) is 54.0 Å². The first-order valence-corrected chi connectivity index (χ1v) is 8.61. The zero-order chi connectivity index (χ0) is 16.9. The van der Waals surface area contributed by atoms with Crippen molar-refractivity contribution < 1.29 is 4.79 Å². The van der Waals surface area contributed by atoms with E-state index in [0.29, 0.717) is 12.1 Å². The summed E-state index contributed by atoms with van der Waals surface area (Å²) in [6, 6.07) is 13.8. The van der Waals surface area contributed by atoms with Crippen molar-refractivity contribution in [2.45, 2.75) is 20.3 Å². The molecule has 122 valence electrons. The van der Waals surface area contributed by atoms with Gasteiger partial charge in [-0.1, -0.05) is 12.1 Å². The summed E-state index contributed by atoms with van der Waals surface area (Å²) in [6.07, 6.45) is 2.05. The Labute approximate surface area is 145 Å². The third-order valence-corrected chi connectivity index (χ3v) is 4.62. The number of nitrogens with zero attached hydrogens (tertiary/aromatic N) is 1. The van der Waals surface area contributed by atoms with Crippen LogP contribution in [0.1, 0.15) is 16.0 Å². The summed E-state index contributed by atoms with van der Waals surface area (Å²) in [4.78, 5) is 17.4. The number of benzene rings is 1. The SMILES string of the molecule is Cc1ccc(Nc2ccc(NC(=O)Cc3cccs3)cn2)cc1C. The Balaban J connectivity index is 1.60. The fourth-order valence-corrected chi connectivity index (χ4v) is 2.99. The van der Waals surface area contributed by atoms with E-state index in [4.69, 9.17) is 0 Å². The fraction of sp³-hybridized carbons (Fsp3) is 0.158. The molecule has 2 N–H and O–H groups in total. The molecule has 0 bridgehead atoms. The van der Waals surface area contributed by atoms with Crippen molar-refractivity contribution in [3.63, 3.8) is 0 Å². The van der Waals surface area contributed by atoms with Gasteiger partial charge in [0.25, 0.3) is 0 Å². The van der Waals surface area contributed by atoms with Crippen molar-refractivity contribution in [3.05, 3.63) is 70.0 Å². The molecule has 24 heavy (non-hydrogen) atoms. The number of carbonyl (C=O) groups is 1. The lowest BCUT2D eigenvalue weighted by Crippen LogP contribution is -2.13. The van der Waals surface area contributed by atoms with Gasteiger partial charge in [0.2, 0.25) is 5.91 Å². The summed E-state index contributed by atoms with van der Waals surface area (Å²) < 4.78 is 0. The zero-order valence-corrected chi connectivity index (χ0v) is 14.5. The highest BCUT2D eigenvalue weighted by Gasteiger charge is 2.05. The molecule has 0 saturated carbocycles. The second-order valence-electron chi connectivity index (χ2n) is 5.66. The normalized spacial score (nSPS) is 10.4. The molecule has 4 nitrogen and oxygen atoms in total. The molecule has 0 saturated heterocycles. The van der Waals surface area contributed by atoms with Gasteiger partial charge in [0.05, 0.1) is 18.3 Å². The lowest BCUT2D eigenvalue weighted by Gasteiger charge is -2.09. The van der Waals surface area contributed by atoms with E-state index >= 15 is 0 Å². The Morgan fingerprint density at radius 2 is 1.92 bits per heavy atom. The molecule has 5 heteroatoms. The van der Waals surface area contributed by atoms with E-state index < -0.39 is 0 Å². The first-order valence-electron chi connectivity index (χ1n) is 7.73. The maximum absolute atomic E-state index is 12.0. The van der Waals surface area contributed by atoms with Gasteiger partial charge in [-0.15, -0.1) is 11.3 Å². The van der Waals surface area contributed by atoms with E-state index in [1.165, 1.54) is 11.1 Å². The van der Waals surface area contributed by atoms with Crippen LogP contribution in [-0.2, 0) is 11.2 Å². The maximum atomic E-state index is 12.0. The first kappa shape index (κ1) is 16.2. The highest BCUT2D eigenvalue weighted by molar-refractivity contribution is 7.10. The molecular formula is C19H19N3OS. The van der Waals surface area contributed by atoms with Gasteiger partial charge in [-0.05, 0) is 60.7 Å². The minimum absolute atomic E-state index is 0.0332. The summed E-state index contributed by atoms with van der Waals surface area (Å²) in [5.41, 5.74) is 4.19. The number of carbonyl (C=O) groups excluding carboxylic acids is 1. The van der Waals surface area contributed by atoms with Gasteiger partial charge in [0.1, 0.15) is 5.82 Å². The van der Waals surface area contributed by atoms with E-state index in [1.807, 2.05) is 35.7 Å². The molecule has 1 amide bonds. The van der Waals surface area contributed by atoms with E-state index in [2.05, 4.69) is 41.6 Å². The van der Waals surface area contributed by atoms with Gasteiger partial charge >= 0.3 is 0 Å². The van der Waals surface area contributed by atoms with Crippen LogP contribution in [0.3, 0.4) is 0 Å². The zero-order valence-electron chi connectivity index (χ0n) is 13.7. The second kappa shape index (κ2) is 7.27. The van der Waals surface area contributed by atoms with Crippen LogP contribution < -0.4 is 10.6 Å². The maximum Gasteiger partial charge on any atom is 0.229 e. The molecule has 3 rings (SSSR count). The van der Waals surface area contributed by atoms with Crippen molar-refractivity contribution in [3.8, 4) is 0 Å². The molecule has 0 aliphatic carbocycles. The van der Waals surface area contributed by atoms with Gasteiger partial charge < -0.3 is 10.6 Å². The van der Waals surface area contributed by atoms with Gasteiger partial charge in [-0.2, -0.15) is 0 Å². The standard InChI is InChI=1S/C19H19N3OS/c1-13-5-6-15(10-14(13)2)21-18-8-7-16(12-20-18)22-19(23)11-17-4-3-9-24-17/h3-10,12H,11H2,1-2H3,(H,20,21)(H,22,23). The summed E-state index contributed by atoms with van der Waals surface area (Å²) in [5.74, 6) is 0.712. The van der Waals surface area contributed by atoms with Crippen LogP contribution >= 0.6 is 11.3 Å². The Kier molecular flexibility index (Phi) is 4.91. The molecule has 0 atom stereocenters. The number of hydrogen-bond acceptors (Lipinski definition) is 4. The van der Waals surface area contributed by atoms with Crippen LogP contribution in [0.4, 0.5) is 17.2 Å². The number of rotatable bonds is 5. The van der Waals surface area contributed by atoms with Crippen molar-refractivity contribution in [2.24, 2.45) is 0 Å². The number of anilines is 3. The molecule has 0 spiro atoms. The fourth-order valence-electron chi connectivity index (χ4n) is 2.29. The summed E-state index contributed by atoms with van der Waals surface area (Å²) >= 11 is 1.58. The quantitative estimate of drug-likeness (QED) is 0.710. The molecule has 3 aromatic rings. The molecule has 0 aliphatic rings. The van der Waals surface area contributed by atoms with Gasteiger partial charge in [-0.3, -0.25) is 4.79 Å². The molecule has 1 aromatic carbocycles. The average molecular weight is 337 g/mol. The Bertz CT molecular complexity index is 826. The van der Waals surface area contributed by atoms with Crippen molar-refractivity contribution >= 4 is 34.4 Å². The summed E-state index contributed by atoms with van der Waals surface area (Å²) in [6.45, 7) is 4.17. The van der Waals surface area contributed by atoms with E-state index in [1.54, 1.807) is 17.5 Å². The Morgan fingerprint density at radius 1 is 1.08 bits per heavy atom. The monoisotopic (exact) mass is 337 g/mol. The Morgan fingerprint density at radius 3 is 2.58 bits per heavy atom. The molecular weight excluding hydrogens is 318 g/mol. The molecule has 0 aliphatic heterocycles. The van der Waals surface area contributed by atoms with E-state index in [-0.39, 0.29) is 5.91 Å². The Hall–Kier alpha value is -2.66. The number of aryl methyl sites for hydroxylation is 2. The number of thiophene rings is 1. The minimum Gasteiger partial charge on any atom is -0.340 e.